The van der Waals surface area contributed by atoms with Crippen LogP contribution in [0.15, 0.2) is 42.7 Å². The lowest BCUT2D eigenvalue weighted by Crippen LogP contribution is -2.41. The molecule has 110 valence electrons. The van der Waals surface area contributed by atoms with Crippen LogP contribution in [0, 0.1) is 0 Å². The zero-order valence-electron chi connectivity index (χ0n) is 12.3. The van der Waals surface area contributed by atoms with Gasteiger partial charge in [-0.15, -0.1) is 0 Å². The first-order valence-corrected chi connectivity index (χ1v) is 7.42. The number of nitrogens with two attached hydrogens (primary N) is 1. The molecule has 0 amide bonds. The highest BCUT2D eigenvalue weighted by atomic mass is 16.5. The zero-order valence-corrected chi connectivity index (χ0v) is 12.3. The molecule has 1 aromatic carbocycles. The number of rotatable bonds is 3. The number of hydrogen-bond donors (Lipinski definition) is 1. The third-order valence-electron chi connectivity index (χ3n) is 4.48. The average Bonchev–Trinajstić information content (AvgIpc) is 2.56. The molecular formula is C17H21N3O. The number of aromatic nitrogens is 2. The molecule has 1 saturated carbocycles. The second-order valence-electron chi connectivity index (χ2n) is 5.76. The van der Waals surface area contributed by atoms with Crippen LogP contribution in [0.4, 0.5) is 0 Å². The predicted molar refractivity (Wildman–Crippen MR) is 82.1 cm³/mol. The Morgan fingerprint density at radius 3 is 2.43 bits per heavy atom. The average molecular weight is 283 g/mol. The van der Waals surface area contributed by atoms with E-state index < -0.39 is 5.54 Å². The van der Waals surface area contributed by atoms with E-state index in [-0.39, 0.29) is 0 Å². The fourth-order valence-electron chi connectivity index (χ4n) is 3.24. The quantitative estimate of drug-likeness (QED) is 0.940. The van der Waals surface area contributed by atoms with Gasteiger partial charge in [0.1, 0.15) is 5.69 Å². The lowest BCUT2D eigenvalue weighted by molar-refractivity contribution is 0.257. The Morgan fingerprint density at radius 1 is 1.10 bits per heavy atom. The highest BCUT2D eigenvalue weighted by Crippen LogP contribution is 2.42. The molecular weight excluding hydrogens is 262 g/mol. The Bertz CT molecular complexity index is 592. The van der Waals surface area contributed by atoms with Crippen LogP contribution in [-0.2, 0) is 5.54 Å². The van der Waals surface area contributed by atoms with E-state index in [1.54, 1.807) is 19.5 Å². The maximum absolute atomic E-state index is 6.61. The Balaban J connectivity index is 1.78. The summed E-state index contributed by atoms with van der Waals surface area (Å²) in [6.45, 7) is 0. The highest BCUT2D eigenvalue weighted by Gasteiger charge is 2.37. The lowest BCUT2D eigenvalue weighted by Gasteiger charge is -2.37. The van der Waals surface area contributed by atoms with Crippen molar-refractivity contribution >= 4 is 0 Å². The molecule has 4 heteroatoms. The first kappa shape index (κ1) is 14.0. The third kappa shape index (κ3) is 2.76. The molecule has 2 aromatic rings. The van der Waals surface area contributed by atoms with E-state index in [4.69, 9.17) is 10.5 Å². The molecule has 0 radical (unpaired) electrons. The van der Waals surface area contributed by atoms with Gasteiger partial charge in [-0.3, -0.25) is 4.98 Å². The third-order valence-corrected chi connectivity index (χ3v) is 4.48. The Morgan fingerprint density at radius 2 is 1.76 bits per heavy atom. The topological polar surface area (TPSA) is 61.0 Å². The van der Waals surface area contributed by atoms with Crippen molar-refractivity contribution in [3.05, 3.63) is 54.0 Å². The van der Waals surface area contributed by atoms with Gasteiger partial charge in [-0.1, -0.05) is 30.3 Å². The number of ether oxygens (including phenoxy) is 1. The minimum Gasteiger partial charge on any atom is -0.480 e. The normalized spacial score (nSPS) is 25.5. The zero-order chi connectivity index (χ0) is 14.7. The van der Waals surface area contributed by atoms with Gasteiger partial charge in [0.15, 0.2) is 0 Å². The van der Waals surface area contributed by atoms with E-state index >= 15 is 0 Å². The molecule has 1 aliphatic carbocycles. The second kappa shape index (κ2) is 5.82. The van der Waals surface area contributed by atoms with Crippen LogP contribution in [0.2, 0.25) is 0 Å². The van der Waals surface area contributed by atoms with Crippen LogP contribution in [0.25, 0.3) is 0 Å². The molecule has 1 fully saturated rings. The number of nitrogens with zero attached hydrogens (tertiary/aromatic N) is 2. The molecule has 2 N–H and O–H groups in total. The number of benzene rings is 1. The Kier molecular flexibility index (Phi) is 3.88. The van der Waals surface area contributed by atoms with E-state index in [0.717, 1.165) is 31.4 Å². The van der Waals surface area contributed by atoms with Crippen LogP contribution in [0.1, 0.15) is 42.9 Å². The molecule has 0 saturated heterocycles. The van der Waals surface area contributed by atoms with Gasteiger partial charge < -0.3 is 10.5 Å². The van der Waals surface area contributed by atoms with Crippen LogP contribution in [-0.4, -0.2) is 17.1 Å². The number of hydrogen-bond acceptors (Lipinski definition) is 4. The van der Waals surface area contributed by atoms with Gasteiger partial charge in [-0.05, 0) is 37.2 Å². The van der Waals surface area contributed by atoms with E-state index in [1.165, 1.54) is 5.56 Å². The van der Waals surface area contributed by atoms with E-state index in [9.17, 15) is 0 Å². The van der Waals surface area contributed by atoms with Gasteiger partial charge in [-0.2, -0.15) is 0 Å². The van der Waals surface area contributed by atoms with Crippen molar-refractivity contribution in [2.75, 3.05) is 7.11 Å². The summed E-state index contributed by atoms with van der Waals surface area (Å²) < 4.78 is 5.32. The highest BCUT2D eigenvalue weighted by molar-refractivity contribution is 5.28. The van der Waals surface area contributed by atoms with Crippen molar-refractivity contribution in [1.29, 1.82) is 0 Å². The van der Waals surface area contributed by atoms with Crippen LogP contribution in [0.5, 0.6) is 5.88 Å². The summed E-state index contributed by atoms with van der Waals surface area (Å²) in [7, 11) is 1.62. The molecule has 1 aromatic heterocycles. The molecule has 0 bridgehead atoms. The van der Waals surface area contributed by atoms with Gasteiger partial charge >= 0.3 is 0 Å². The van der Waals surface area contributed by atoms with Gasteiger partial charge in [0, 0.05) is 12.4 Å². The van der Waals surface area contributed by atoms with Gasteiger partial charge in [0.25, 0.3) is 0 Å². The second-order valence-corrected chi connectivity index (χ2v) is 5.76. The van der Waals surface area contributed by atoms with Crippen LogP contribution < -0.4 is 10.5 Å². The molecule has 0 unspecified atom stereocenters. The van der Waals surface area contributed by atoms with E-state index in [0.29, 0.717) is 11.8 Å². The van der Waals surface area contributed by atoms with Crippen molar-refractivity contribution in [2.45, 2.75) is 37.1 Å². The van der Waals surface area contributed by atoms with Crippen molar-refractivity contribution in [1.82, 2.24) is 9.97 Å². The maximum Gasteiger partial charge on any atom is 0.237 e. The van der Waals surface area contributed by atoms with E-state index in [1.807, 2.05) is 0 Å². The summed E-state index contributed by atoms with van der Waals surface area (Å²) in [6.07, 6.45) is 7.28. The van der Waals surface area contributed by atoms with Crippen LogP contribution in [0.3, 0.4) is 0 Å². The first-order chi connectivity index (χ1) is 10.2. The lowest BCUT2D eigenvalue weighted by atomic mass is 9.73. The molecule has 0 aliphatic heterocycles. The Hall–Kier alpha value is -1.94. The molecule has 1 heterocycles. The summed E-state index contributed by atoms with van der Waals surface area (Å²) in [4.78, 5) is 8.66. The minimum absolute atomic E-state index is 0.426. The summed E-state index contributed by atoms with van der Waals surface area (Å²) in [5.41, 5.74) is 8.39. The van der Waals surface area contributed by atoms with Crippen molar-refractivity contribution in [2.24, 2.45) is 5.73 Å². The standard InChI is InChI=1S/C17H21N3O/c1-21-16-15(19-11-12-20-16)17(18)9-7-14(8-10-17)13-5-3-2-4-6-13/h2-6,11-12,14H,7-10,18H2,1H3. The summed E-state index contributed by atoms with van der Waals surface area (Å²) in [5.74, 6) is 1.14. The maximum atomic E-state index is 6.61. The molecule has 21 heavy (non-hydrogen) atoms. The van der Waals surface area contributed by atoms with Gasteiger partial charge in [0.05, 0.1) is 12.6 Å². The van der Waals surface area contributed by atoms with Gasteiger partial charge in [-0.25, -0.2) is 4.98 Å². The molecule has 4 nitrogen and oxygen atoms in total. The fraction of sp³-hybridized carbons (Fsp3) is 0.412. The smallest absolute Gasteiger partial charge is 0.237 e. The summed E-state index contributed by atoms with van der Waals surface area (Å²) >= 11 is 0. The Labute approximate surface area is 125 Å². The number of methoxy groups -OCH3 is 1. The monoisotopic (exact) mass is 283 g/mol. The molecule has 0 spiro atoms. The fourth-order valence-corrected chi connectivity index (χ4v) is 3.24. The molecule has 0 atom stereocenters. The van der Waals surface area contributed by atoms with Gasteiger partial charge in [0.2, 0.25) is 5.88 Å². The first-order valence-electron chi connectivity index (χ1n) is 7.42. The van der Waals surface area contributed by atoms with Crippen LogP contribution >= 0.6 is 0 Å². The molecule has 3 rings (SSSR count). The van der Waals surface area contributed by atoms with E-state index in [2.05, 4.69) is 40.3 Å². The summed E-state index contributed by atoms with van der Waals surface area (Å²) in [5, 5.41) is 0. The van der Waals surface area contributed by atoms with Crippen molar-refractivity contribution in [3.63, 3.8) is 0 Å². The van der Waals surface area contributed by atoms with Crippen molar-refractivity contribution in [3.8, 4) is 5.88 Å². The molecule has 1 aliphatic rings. The van der Waals surface area contributed by atoms with Crippen molar-refractivity contribution < 1.29 is 4.74 Å². The largest absolute Gasteiger partial charge is 0.480 e. The summed E-state index contributed by atoms with van der Waals surface area (Å²) in [6, 6.07) is 10.7. The minimum atomic E-state index is -0.426. The predicted octanol–water partition coefficient (Wildman–Crippen LogP) is 3.00. The SMILES string of the molecule is COc1nccnc1C1(N)CCC(c2ccccc2)CC1.